The molecule has 2 atom stereocenters. The molecule has 0 bridgehead atoms. The Kier molecular flexibility index (Phi) is 9.89. The van der Waals surface area contributed by atoms with Crippen LogP contribution in [0, 0.1) is 18.3 Å². The van der Waals surface area contributed by atoms with Crippen LogP contribution in [0.5, 0.6) is 0 Å². The summed E-state index contributed by atoms with van der Waals surface area (Å²) in [6.07, 6.45) is 17.5. The molecule has 4 aliphatic rings. The SMILES string of the molecule is C1=CC2=C3C(=C4[CH-]CCCC4C2CC1)Cc1ccccc13.[Zr+2]=[C](Cc1ccccc1)Cc1ccccc1.c1cc[cH-]c1. The van der Waals surface area contributed by atoms with E-state index < -0.39 is 0 Å². The van der Waals surface area contributed by atoms with Crippen LogP contribution in [0.3, 0.4) is 0 Å². The van der Waals surface area contributed by atoms with Crippen LogP contribution in [0.15, 0.2) is 144 Å². The molecule has 0 aliphatic heterocycles. The molecule has 0 spiro atoms. The van der Waals surface area contributed by atoms with Gasteiger partial charge in [-0.3, -0.25) is 0 Å². The minimum atomic E-state index is 0.784. The Hall–Kier alpha value is -3.15. The molecule has 0 aromatic heterocycles. The van der Waals surface area contributed by atoms with Crippen molar-refractivity contribution < 1.29 is 24.2 Å². The van der Waals surface area contributed by atoms with E-state index in [0.717, 1.165) is 31.1 Å². The zero-order chi connectivity index (χ0) is 28.6. The van der Waals surface area contributed by atoms with E-state index in [1.54, 1.807) is 55.3 Å². The second-order valence-corrected chi connectivity index (χ2v) is 13.6. The Bertz CT molecular complexity index is 1490. The van der Waals surface area contributed by atoms with Crippen LogP contribution in [0.2, 0.25) is 0 Å². The fraction of sp³-hybridized carbons (Fsp3) is 0.244. The summed E-state index contributed by atoms with van der Waals surface area (Å²) in [6, 6.07) is 40.5. The summed E-state index contributed by atoms with van der Waals surface area (Å²) < 4.78 is 1.60. The standard InChI is InChI=1S/C21H21.C15H14.C5H5.Zr/c1-2-8-15-14(7-1)13-20-18-11-4-3-9-16(18)17-10-5-6-12-19(17)21(15)20;1-3-8-14(9-4-1)12-7-13-15-10-5-2-6-11-15;1-2-4-5-3-1;/h1-2,6-8,11-12,16-17H,3-5,9-10,13H2;1-6,8-11H,12-13H2;1-5H;/q-1;;-1;+2. The molecule has 0 nitrogen and oxygen atoms in total. The number of fused-ring (bicyclic) bond motifs is 6. The van der Waals surface area contributed by atoms with Crippen molar-refractivity contribution in [3.05, 3.63) is 173 Å². The van der Waals surface area contributed by atoms with Gasteiger partial charge in [-0.25, -0.2) is 24.1 Å². The van der Waals surface area contributed by atoms with Gasteiger partial charge >= 0.3 is 112 Å². The first kappa shape index (κ1) is 28.9. The van der Waals surface area contributed by atoms with E-state index in [4.69, 9.17) is 0 Å². The summed E-state index contributed by atoms with van der Waals surface area (Å²) in [6.45, 7) is 0. The fourth-order valence-electron chi connectivity index (χ4n) is 7.12. The van der Waals surface area contributed by atoms with Gasteiger partial charge in [-0.1, -0.05) is 66.0 Å². The van der Waals surface area contributed by atoms with E-state index in [-0.39, 0.29) is 0 Å². The Morgan fingerprint density at radius 3 is 2.07 bits per heavy atom. The third-order valence-corrected chi connectivity index (χ3v) is 9.85. The maximum absolute atomic E-state index is 2.57. The molecule has 2 unspecified atom stereocenters. The second kappa shape index (κ2) is 14.4. The summed E-state index contributed by atoms with van der Waals surface area (Å²) in [5.41, 5.74) is 12.6. The van der Waals surface area contributed by atoms with Gasteiger partial charge in [0.1, 0.15) is 0 Å². The Labute approximate surface area is 267 Å². The topological polar surface area (TPSA) is 0 Å². The van der Waals surface area contributed by atoms with Gasteiger partial charge in [0.05, 0.1) is 0 Å². The smallest absolute Gasteiger partial charge is 0.172 e. The Morgan fingerprint density at radius 1 is 0.738 bits per heavy atom. The number of hydrogen-bond acceptors (Lipinski definition) is 0. The Morgan fingerprint density at radius 2 is 1.40 bits per heavy atom. The van der Waals surface area contributed by atoms with Gasteiger partial charge in [-0.15, -0.1) is 6.42 Å². The van der Waals surface area contributed by atoms with Crippen molar-refractivity contribution in [2.45, 2.75) is 51.4 Å². The van der Waals surface area contributed by atoms with Gasteiger partial charge < -0.3 is 0 Å². The first-order chi connectivity index (χ1) is 20.8. The summed E-state index contributed by atoms with van der Waals surface area (Å²) in [7, 11) is 0. The first-order valence-corrected chi connectivity index (χ1v) is 16.9. The van der Waals surface area contributed by atoms with Gasteiger partial charge in [0.25, 0.3) is 0 Å². The van der Waals surface area contributed by atoms with E-state index in [1.807, 2.05) is 30.3 Å². The zero-order valence-electron chi connectivity index (χ0n) is 24.5. The van der Waals surface area contributed by atoms with Crippen LogP contribution in [-0.2, 0) is 43.5 Å². The van der Waals surface area contributed by atoms with Crippen molar-refractivity contribution >= 4 is 8.78 Å². The van der Waals surface area contributed by atoms with Crippen LogP contribution < -0.4 is 0 Å². The monoisotopic (exact) mass is 622 g/mol. The summed E-state index contributed by atoms with van der Waals surface area (Å²) in [5, 5.41) is 0. The second-order valence-electron chi connectivity index (χ2n) is 11.8. The van der Waals surface area contributed by atoms with Crippen molar-refractivity contribution in [1.29, 1.82) is 0 Å². The minimum Gasteiger partial charge on any atom is -0.214 e. The van der Waals surface area contributed by atoms with Gasteiger partial charge in [0, 0.05) is 0 Å². The van der Waals surface area contributed by atoms with Crippen molar-refractivity contribution in [3.63, 3.8) is 0 Å². The van der Waals surface area contributed by atoms with Gasteiger partial charge in [-0.05, 0) is 36.7 Å². The van der Waals surface area contributed by atoms with Gasteiger partial charge in [0.2, 0.25) is 0 Å². The van der Waals surface area contributed by atoms with E-state index in [2.05, 4.69) is 104 Å². The van der Waals surface area contributed by atoms with Crippen LogP contribution in [0.1, 0.15) is 54.4 Å². The predicted octanol–water partition coefficient (Wildman–Crippen LogP) is 9.87. The molecule has 0 amide bonds. The third-order valence-electron chi connectivity index (χ3n) is 8.98. The first-order valence-electron chi connectivity index (χ1n) is 15.6. The van der Waals surface area contributed by atoms with Crippen LogP contribution >= 0.6 is 0 Å². The van der Waals surface area contributed by atoms with Crippen molar-refractivity contribution in [2.24, 2.45) is 11.8 Å². The fourth-order valence-corrected chi connectivity index (χ4v) is 8.13. The summed E-state index contributed by atoms with van der Waals surface area (Å²) >= 11 is 1.55. The molecule has 4 aliphatic carbocycles. The molecule has 42 heavy (non-hydrogen) atoms. The maximum Gasteiger partial charge on any atom is -0.172 e. The normalized spacial score (nSPS) is 19.6. The molecule has 208 valence electrons. The van der Waals surface area contributed by atoms with Crippen LogP contribution in [0.25, 0.3) is 5.57 Å². The summed E-state index contributed by atoms with van der Waals surface area (Å²) in [4.78, 5) is 0. The number of hydrogen-bond donors (Lipinski definition) is 0. The molecular formula is C41H40Zr. The molecule has 4 aromatic rings. The Balaban J connectivity index is 0.000000133. The van der Waals surface area contributed by atoms with Crippen molar-refractivity contribution in [2.75, 3.05) is 0 Å². The van der Waals surface area contributed by atoms with Crippen LogP contribution in [-0.4, -0.2) is 3.21 Å². The largest absolute Gasteiger partial charge is 0.214 e. The minimum absolute atomic E-state index is 0.784. The molecule has 8 rings (SSSR count). The quantitative estimate of drug-likeness (QED) is 0.199. The van der Waals surface area contributed by atoms with E-state index in [1.165, 1.54) is 48.8 Å². The van der Waals surface area contributed by atoms with Crippen molar-refractivity contribution in [3.8, 4) is 0 Å². The van der Waals surface area contributed by atoms with E-state index >= 15 is 0 Å². The molecule has 0 N–H and O–H groups in total. The molecule has 1 saturated carbocycles. The third kappa shape index (κ3) is 6.90. The van der Waals surface area contributed by atoms with Gasteiger partial charge in [-0.2, -0.15) is 23.8 Å². The van der Waals surface area contributed by atoms with E-state index in [9.17, 15) is 0 Å². The average molecular weight is 624 g/mol. The maximum atomic E-state index is 2.57. The molecule has 4 aromatic carbocycles. The average Bonchev–Trinajstić information content (AvgIpc) is 3.75. The molecule has 0 heterocycles. The summed E-state index contributed by atoms with van der Waals surface area (Å²) in [5.74, 6) is 1.60. The van der Waals surface area contributed by atoms with E-state index in [0.29, 0.717) is 0 Å². The zero-order valence-corrected chi connectivity index (χ0v) is 27.0. The van der Waals surface area contributed by atoms with Gasteiger partial charge in [0.15, 0.2) is 0 Å². The molecular weight excluding hydrogens is 584 g/mol. The van der Waals surface area contributed by atoms with Crippen LogP contribution in [0.4, 0.5) is 0 Å². The van der Waals surface area contributed by atoms with Crippen molar-refractivity contribution in [1.82, 2.24) is 0 Å². The number of benzene rings is 3. The number of rotatable bonds is 4. The number of allylic oxidation sites excluding steroid dienone is 6. The molecule has 0 radical (unpaired) electrons. The predicted molar refractivity (Wildman–Crippen MR) is 175 cm³/mol. The molecule has 1 fully saturated rings. The molecule has 1 heteroatoms. The molecule has 0 saturated heterocycles.